The van der Waals surface area contributed by atoms with Gasteiger partial charge in [0.15, 0.2) is 0 Å². The number of hydrogen-bond donors (Lipinski definition) is 1. The van der Waals surface area contributed by atoms with Crippen molar-refractivity contribution in [1.82, 2.24) is 9.97 Å². The van der Waals surface area contributed by atoms with Gasteiger partial charge >= 0.3 is 0 Å². The number of anilines is 1. The third kappa shape index (κ3) is 2.65. The van der Waals surface area contributed by atoms with Gasteiger partial charge in [0.2, 0.25) is 0 Å². The highest BCUT2D eigenvalue weighted by Gasteiger charge is 2.40. The van der Waals surface area contributed by atoms with Crippen molar-refractivity contribution in [1.29, 1.82) is 0 Å². The van der Waals surface area contributed by atoms with E-state index in [1.807, 2.05) is 6.07 Å². The number of rotatable bonds is 4. The van der Waals surface area contributed by atoms with Crippen molar-refractivity contribution in [3.05, 3.63) is 53.5 Å². The predicted molar refractivity (Wildman–Crippen MR) is 86.6 cm³/mol. The minimum Gasteiger partial charge on any atom is -0.370 e. The Morgan fingerprint density at radius 2 is 1.81 bits per heavy atom. The molecule has 1 aromatic carbocycles. The molecule has 0 bridgehead atoms. The molecule has 0 radical (unpaired) electrons. The van der Waals surface area contributed by atoms with Crippen LogP contribution in [-0.4, -0.2) is 16.5 Å². The molecule has 0 saturated heterocycles. The van der Waals surface area contributed by atoms with Crippen molar-refractivity contribution < 1.29 is 0 Å². The van der Waals surface area contributed by atoms with Crippen LogP contribution in [-0.2, 0) is 5.41 Å². The van der Waals surface area contributed by atoms with Gasteiger partial charge in [-0.2, -0.15) is 0 Å². The molecule has 1 fully saturated rings. The van der Waals surface area contributed by atoms with Crippen molar-refractivity contribution in [2.45, 2.75) is 44.9 Å². The molecular formula is C18H23N3. The lowest BCUT2D eigenvalue weighted by molar-refractivity contribution is 0.498. The van der Waals surface area contributed by atoms with Gasteiger partial charge in [-0.05, 0) is 32.3 Å². The zero-order valence-corrected chi connectivity index (χ0v) is 12.9. The first-order valence-corrected chi connectivity index (χ1v) is 7.90. The normalized spacial score (nSPS) is 16.9. The molecule has 0 spiro atoms. The Morgan fingerprint density at radius 3 is 2.48 bits per heavy atom. The van der Waals surface area contributed by atoms with Crippen LogP contribution in [0.3, 0.4) is 0 Å². The van der Waals surface area contributed by atoms with Crippen LogP contribution >= 0.6 is 0 Å². The second kappa shape index (κ2) is 5.84. The smallest absolute Gasteiger partial charge is 0.141 e. The van der Waals surface area contributed by atoms with Crippen LogP contribution in [0, 0.1) is 6.92 Å². The highest BCUT2D eigenvalue weighted by molar-refractivity contribution is 5.41. The Labute approximate surface area is 126 Å². The SMILES string of the molecule is CCNc1cc(C)nc(C2(c3ccccc3)CCCC2)n1. The van der Waals surface area contributed by atoms with E-state index < -0.39 is 0 Å². The second-order valence-electron chi connectivity index (χ2n) is 5.90. The fraction of sp³-hybridized carbons (Fsp3) is 0.444. The molecule has 1 saturated carbocycles. The zero-order valence-electron chi connectivity index (χ0n) is 12.9. The number of nitrogens with one attached hydrogen (secondary N) is 1. The molecule has 2 aromatic rings. The average Bonchev–Trinajstić information content (AvgIpc) is 2.99. The minimum atomic E-state index is -0.00253. The summed E-state index contributed by atoms with van der Waals surface area (Å²) in [6.07, 6.45) is 4.80. The Bertz CT molecular complexity index is 601. The van der Waals surface area contributed by atoms with Gasteiger partial charge in [0.25, 0.3) is 0 Å². The number of nitrogens with zero attached hydrogens (tertiary/aromatic N) is 2. The Kier molecular flexibility index (Phi) is 3.91. The van der Waals surface area contributed by atoms with Gasteiger partial charge in [0.05, 0.1) is 5.41 Å². The Hall–Kier alpha value is -1.90. The summed E-state index contributed by atoms with van der Waals surface area (Å²) in [5.74, 6) is 1.93. The van der Waals surface area contributed by atoms with Crippen molar-refractivity contribution in [2.24, 2.45) is 0 Å². The molecule has 110 valence electrons. The maximum atomic E-state index is 4.83. The van der Waals surface area contributed by atoms with Crippen molar-refractivity contribution in [2.75, 3.05) is 11.9 Å². The predicted octanol–water partition coefficient (Wildman–Crippen LogP) is 4.08. The molecule has 3 rings (SSSR count). The van der Waals surface area contributed by atoms with E-state index in [0.717, 1.165) is 36.7 Å². The van der Waals surface area contributed by atoms with Gasteiger partial charge in [0, 0.05) is 18.3 Å². The highest BCUT2D eigenvalue weighted by atomic mass is 15.0. The van der Waals surface area contributed by atoms with E-state index in [1.165, 1.54) is 18.4 Å². The summed E-state index contributed by atoms with van der Waals surface area (Å²) in [5, 5.41) is 3.33. The highest BCUT2D eigenvalue weighted by Crippen LogP contribution is 2.45. The lowest BCUT2D eigenvalue weighted by atomic mass is 9.78. The van der Waals surface area contributed by atoms with E-state index in [9.17, 15) is 0 Å². The summed E-state index contributed by atoms with van der Waals surface area (Å²) < 4.78 is 0. The summed E-state index contributed by atoms with van der Waals surface area (Å²) >= 11 is 0. The van der Waals surface area contributed by atoms with Gasteiger partial charge < -0.3 is 5.32 Å². The number of benzene rings is 1. The second-order valence-corrected chi connectivity index (χ2v) is 5.90. The third-order valence-corrected chi connectivity index (χ3v) is 4.42. The molecular weight excluding hydrogens is 258 g/mol. The maximum Gasteiger partial charge on any atom is 0.141 e. The third-order valence-electron chi connectivity index (χ3n) is 4.42. The van der Waals surface area contributed by atoms with E-state index in [1.54, 1.807) is 0 Å². The van der Waals surface area contributed by atoms with Crippen LogP contribution in [0.4, 0.5) is 5.82 Å². The van der Waals surface area contributed by atoms with Crippen LogP contribution < -0.4 is 5.32 Å². The maximum absolute atomic E-state index is 4.83. The fourth-order valence-corrected chi connectivity index (χ4v) is 3.43. The molecule has 3 heteroatoms. The topological polar surface area (TPSA) is 37.8 Å². The number of hydrogen-bond acceptors (Lipinski definition) is 3. The Balaban J connectivity index is 2.10. The molecule has 0 atom stereocenters. The molecule has 1 aliphatic carbocycles. The van der Waals surface area contributed by atoms with E-state index in [2.05, 4.69) is 49.5 Å². The quantitative estimate of drug-likeness (QED) is 0.917. The van der Waals surface area contributed by atoms with Crippen molar-refractivity contribution in [3.63, 3.8) is 0 Å². The van der Waals surface area contributed by atoms with Crippen LogP contribution in [0.5, 0.6) is 0 Å². The molecule has 21 heavy (non-hydrogen) atoms. The molecule has 1 aliphatic rings. The van der Waals surface area contributed by atoms with E-state index in [0.29, 0.717) is 0 Å². The summed E-state index contributed by atoms with van der Waals surface area (Å²) in [4.78, 5) is 9.63. The molecule has 0 amide bonds. The van der Waals surface area contributed by atoms with Crippen molar-refractivity contribution in [3.8, 4) is 0 Å². The van der Waals surface area contributed by atoms with Crippen molar-refractivity contribution >= 4 is 5.82 Å². The van der Waals surface area contributed by atoms with E-state index >= 15 is 0 Å². The molecule has 1 heterocycles. The summed E-state index contributed by atoms with van der Waals surface area (Å²) in [5.41, 5.74) is 2.39. The number of aryl methyl sites for hydroxylation is 1. The summed E-state index contributed by atoms with van der Waals surface area (Å²) in [6, 6.07) is 12.8. The molecule has 0 aliphatic heterocycles. The zero-order chi connectivity index (χ0) is 14.7. The van der Waals surface area contributed by atoms with E-state index in [-0.39, 0.29) is 5.41 Å². The molecule has 1 N–H and O–H groups in total. The first kappa shape index (κ1) is 14.1. The van der Waals surface area contributed by atoms with Crippen LogP contribution in [0.1, 0.15) is 49.7 Å². The molecule has 3 nitrogen and oxygen atoms in total. The average molecular weight is 281 g/mol. The minimum absolute atomic E-state index is 0.00253. The van der Waals surface area contributed by atoms with Crippen LogP contribution in [0.2, 0.25) is 0 Å². The van der Waals surface area contributed by atoms with Gasteiger partial charge in [-0.25, -0.2) is 9.97 Å². The Morgan fingerprint density at radius 1 is 1.10 bits per heavy atom. The number of aromatic nitrogens is 2. The standard InChI is InChI=1S/C18H23N3/c1-3-19-16-13-14(2)20-17(21-16)18(11-7-8-12-18)15-9-5-4-6-10-15/h4-6,9-10,13H,3,7-8,11-12H2,1-2H3,(H,19,20,21). The first-order chi connectivity index (χ1) is 10.2. The van der Waals surface area contributed by atoms with Gasteiger partial charge in [0.1, 0.15) is 11.6 Å². The van der Waals surface area contributed by atoms with Crippen LogP contribution in [0.25, 0.3) is 0 Å². The first-order valence-electron chi connectivity index (χ1n) is 7.90. The van der Waals surface area contributed by atoms with Crippen LogP contribution in [0.15, 0.2) is 36.4 Å². The van der Waals surface area contributed by atoms with Gasteiger partial charge in [-0.3, -0.25) is 0 Å². The summed E-state index contributed by atoms with van der Waals surface area (Å²) in [6.45, 7) is 5.04. The lowest BCUT2D eigenvalue weighted by Crippen LogP contribution is -2.27. The van der Waals surface area contributed by atoms with E-state index in [4.69, 9.17) is 9.97 Å². The largest absolute Gasteiger partial charge is 0.370 e. The lowest BCUT2D eigenvalue weighted by Gasteiger charge is -2.28. The molecule has 1 aromatic heterocycles. The monoisotopic (exact) mass is 281 g/mol. The fourth-order valence-electron chi connectivity index (χ4n) is 3.43. The van der Waals surface area contributed by atoms with Gasteiger partial charge in [-0.1, -0.05) is 43.2 Å². The summed E-state index contributed by atoms with van der Waals surface area (Å²) in [7, 11) is 0. The molecule has 0 unspecified atom stereocenters. The van der Waals surface area contributed by atoms with Gasteiger partial charge in [-0.15, -0.1) is 0 Å².